The monoisotopic (exact) mass is 338 g/mol. The summed E-state index contributed by atoms with van der Waals surface area (Å²) in [4.78, 5) is 26.3. The number of hydrogen-bond donors (Lipinski definition) is 3. The van der Waals surface area contributed by atoms with E-state index in [1.165, 1.54) is 0 Å². The highest BCUT2D eigenvalue weighted by atomic mass is 16.2. The summed E-state index contributed by atoms with van der Waals surface area (Å²) in [5.41, 5.74) is 7.84. The van der Waals surface area contributed by atoms with E-state index in [0.29, 0.717) is 24.3 Å². The van der Waals surface area contributed by atoms with Gasteiger partial charge in [0.15, 0.2) is 0 Å². The Morgan fingerprint density at radius 2 is 1.44 bits per heavy atom. The summed E-state index contributed by atoms with van der Waals surface area (Å²) in [6.07, 6.45) is 1.68. The van der Waals surface area contributed by atoms with Gasteiger partial charge in [0.2, 0.25) is 0 Å². The lowest BCUT2D eigenvalue weighted by Gasteiger charge is -2.30. The zero-order chi connectivity index (χ0) is 17.6. The van der Waals surface area contributed by atoms with Gasteiger partial charge in [0.25, 0.3) is 5.91 Å². The molecule has 0 spiro atoms. The molecule has 0 aliphatic carbocycles. The van der Waals surface area contributed by atoms with Crippen LogP contribution in [0, 0.1) is 0 Å². The molecule has 0 atom stereocenters. The third-order valence-corrected chi connectivity index (χ3v) is 4.25. The van der Waals surface area contributed by atoms with Gasteiger partial charge in [-0.2, -0.15) is 0 Å². The molecule has 6 nitrogen and oxygen atoms in total. The molecule has 3 rings (SSSR count). The van der Waals surface area contributed by atoms with Gasteiger partial charge in [0.1, 0.15) is 0 Å². The summed E-state index contributed by atoms with van der Waals surface area (Å²) < 4.78 is 0. The van der Waals surface area contributed by atoms with Gasteiger partial charge in [-0.1, -0.05) is 18.2 Å². The number of urea groups is 1. The van der Waals surface area contributed by atoms with Crippen LogP contribution in [0.5, 0.6) is 0 Å². The van der Waals surface area contributed by atoms with E-state index < -0.39 is 0 Å². The van der Waals surface area contributed by atoms with Crippen molar-refractivity contribution in [2.45, 2.75) is 18.9 Å². The minimum Gasteiger partial charge on any atom is -0.339 e. The van der Waals surface area contributed by atoms with Crippen molar-refractivity contribution in [3.8, 4) is 0 Å². The van der Waals surface area contributed by atoms with Crippen LogP contribution in [0.25, 0.3) is 0 Å². The Bertz CT molecular complexity index is 723. The first kappa shape index (κ1) is 17.0. The SMILES string of the molecule is NC1CCN(C(=O)c2ccc(NC(=O)Nc3ccccc3)cc2)CC1. The van der Waals surface area contributed by atoms with E-state index in [9.17, 15) is 9.59 Å². The zero-order valence-electron chi connectivity index (χ0n) is 13.9. The molecule has 4 N–H and O–H groups in total. The first-order valence-corrected chi connectivity index (χ1v) is 8.40. The summed E-state index contributed by atoms with van der Waals surface area (Å²) in [6, 6.07) is 16.0. The van der Waals surface area contributed by atoms with Gasteiger partial charge in [-0.15, -0.1) is 0 Å². The Hall–Kier alpha value is -2.86. The first-order chi connectivity index (χ1) is 12.1. The van der Waals surface area contributed by atoms with E-state index in [0.717, 1.165) is 18.5 Å². The summed E-state index contributed by atoms with van der Waals surface area (Å²) in [5, 5.41) is 5.50. The molecule has 0 aromatic heterocycles. The first-order valence-electron chi connectivity index (χ1n) is 8.40. The average Bonchev–Trinajstić information content (AvgIpc) is 2.63. The number of para-hydroxylation sites is 1. The average molecular weight is 338 g/mol. The van der Waals surface area contributed by atoms with Crippen LogP contribution in [0.3, 0.4) is 0 Å². The molecule has 1 saturated heterocycles. The lowest BCUT2D eigenvalue weighted by molar-refractivity contribution is 0.0715. The highest BCUT2D eigenvalue weighted by Gasteiger charge is 2.21. The largest absolute Gasteiger partial charge is 0.339 e. The normalized spacial score (nSPS) is 14.8. The third-order valence-electron chi connectivity index (χ3n) is 4.25. The quantitative estimate of drug-likeness (QED) is 0.804. The Morgan fingerprint density at radius 1 is 0.880 bits per heavy atom. The third kappa shape index (κ3) is 4.58. The minimum absolute atomic E-state index is 0.00665. The van der Waals surface area contributed by atoms with Crippen molar-refractivity contribution in [3.63, 3.8) is 0 Å². The van der Waals surface area contributed by atoms with Crippen molar-refractivity contribution in [3.05, 3.63) is 60.2 Å². The molecule has 0 bridgehead atoms. The van der Waals surface area contributed by atoms with Crippen LogP contribution in [-0.4, -0.2) is 36.0 Å². The second-order valence-corrected chi connectivity index (χ2v) is 6.15. The standard InChI is InChI=1S/C19H22N4O2/c20-15-10-12-23(13-11-15)18(24)14-6-8-17(9-7-14)22-19(25)21-16-4-2-1-3-5-16/h1-9,15H,10-13,20H2,(H2,21,22,25). The van der Waals surface area contributed by atoms with Gasteiger partial charge in [-0.25, -0.2) is 4.79 Å². The fraction of sp³-hybridized carbons (Fsp3) is 0.263. The Balaban J connectivity index is 1.56. The Kier molecular flexibility index (Phi) is 5.30. The van der Waals surface area contributed by atoms with Gasteiger partial charge in [0.05, 0.1) is 0 Å². The van der Waals surface area contributed by atoms with Crippen molar-refractivity contribution in [1.82, 2.24) is 4.90 Å². The molecule has 1 aliphatic heterocycles. The maximum Gasteiger partial charge on any atom is 0.323 e. The molecule has 1 fully saturated rings. The maximum atomic E-state index is 12.5. The molecule has 1 heterocycles. The summed E-state index contributed by atoms with van der Waals surface area (Å²) in [5.74, 6) is 0.00665. The number of amides is 3. The fourth-order valence-corrected chi connectivity index (χ4v) is 2.80. The number of likely N-dealkylation sites (tertiary alicyclic amines) is 1. The van der Waals surface area contributed by atoms with Gasteiger partial charge < -0.3 is 21.3 Å². The molecule has 0 unspecified atom stereocenters. The predicted octanol–water partition coefficient (Wildman–Crippen LogP) is 2.89. The van der Waals surface area contributed by atoms with Crippen molar-refractivity contribution in [1.29, 1.82) is 0 Å². The maximum absolute atomic E-state index is 12.5. The van der Waals surface area contributed by atoms with E-state index in [1.807, 2.05) is 35.2 Å². The van der Waals surface area contributed by atoms with Crippen molar-refractivity contribution >= 4 is 23.3 Å². The van der Waals surface area contributed by atoms with Crippen molar-refractivity contribution in [2.75, 3.05) is 23.7 Å². The van der Waals surface area contributed by atoms with Gasteiger partial charge >= 0.3 is 6.03 Å². The number of carbonyl (C=O) groups excluding carboxylic acids is 2. The van der Waals surface area contributed by atoms with E-state index in [1.54, 1.807) is 24.3 Å². The molecule has 130 valence electrons. The van der Waals surface area contributed by atoms with Gasteiger partial charge in [-0.3, -0.25) is 4.79 Å². The topological polar surface area (TPSA) is 87.5 Å². The highest BCUT2D eigenvalue weighted by molar-refractivity contribution is 6.00. The summed E-state index contributed by atoms with van der Waals surface area (Å²) in [6.45, 7) is 1.39. The number of benzene rings is 2. The zero-order valence-corrected chi connectivity index (χ0v) is 13.9. The fourth-order valence-electron chi connectivity index (χ4n) is 2.80. The molecule has 0 radical (unpaired) electrons. The van der Waals surface area contributed by atoms with E-state index in [2.05, 4.69) is 10.6 Å². The number of nitrogens with two attached hydrogens (primary N) is 1. The number of nitrogens with zero attached hydrogens (tertiary/aromatic N) is 1. The summed E-state index contributed by atoms with van der Waals surface area (Å²) in [7, 11) is 0. The molecule has 1 aliphatic rings. The number of piperidine rings is 1. The molecule has 25 heavy (non-hydrogen) atoms. The Morgan fingerprint density at radius 3 is 2.04 bits per heavy atom. The number of nitrogens with one attached hydrogen (secondary N) is 2. The summed E-state index contributed by atoms with van der Waals surface area (Å²) >= 11 is 0. The van der Waals surface area contributed by atoms with E-state index in [4.69, 9.17) is 5.73 Å². The molecule has 2 aromatic carbocycles. The molecule has 2 aromatic rings. The van der Waals surface area contributed by atoms with Crippen LogP contribution < -0.4 is 16.4 Å². The molecule has 6 heteroatoms. The van der Waals surface area contributed by atoms with Gasteiger partial charge in [0, 0.05) is 36.1 Å². The smallest absolute Gasteiger partial charge is 0.323 e. The van der Waals surface area contributed by atoms with Crippen LogP contribution >= 0.6 is 0 Å². The second-order valence-electron chi connectivity index (χ2n) is 6.15. The van der Waals surface area contributed by atoms with Crippen LogP contribution in [0.2, 0.25) is 0 Å². The van der Waals surface area contributed by atoms with Crippen LogP contribution in [0.1, 0.15) is 23.2 Å². The van der Waals surface area contributed by atoms with Gasteiger partial charge in [-0.05, 0) is 49.2 Å². The van der Waals surface area contributed by atoms with E-state index >= 15 is 0 Å². The lowest BCUT2D eigenvalue weighted by atomic mass is 10.0. The minimum atomic E-state index is -0.324. The predicted molar refractivity (Wildman–Crippen MR) is 98.6 cm³/mol. The number of hydrogen-bond acceptors (Lipinski definition) is 3. The molecule has 3 amide bonds. The van der Waals surface area contributed by atoms with Crippen molar-refractivity contribution < 1.29 is 9.59 Å². The number of anilines is 2. The van der Waals surface area contributed by atoms with Crippen LogP contribution in [0.15, 0.2) is 54.6 Å². The number of rotatable bonds is 3. The number of carbonyl (C=O) groups is 2. The highest BCUT2D eigenvalue weighted by Crippen LogP contribution is 2.16. The molecule has 0 saturated carbocycles. The molecular weight excluding hydrogens is 316 g/mol. The van der Waals surface area contributed by atoms with Crippen LogP contribution in [-0.2, 0) is 0 Å². The van der Waals surface area contributed by atoms with Crippen molar-refractivity contribution in [2.24, 2.45) is 5.73 Å². The molecular formula is C19H22N4O2. The lowest BCUT2D eigenvalue weighted by Crippen LogP contribution is -2.42. The van der Waals surface area contributed by atoms with Crippen LogP contribution in [0.4, 0.5) is 16.2 Å². The Labute approximate surface area is 147 Å². The van der Waals surface area contributed by atoms with E-state index in [-0.39, 0.29) is 18.0 Å². The second kappa shape index (κ2) is 7.81.